The Labute approximate surface area is 224 Å². The number of benzene rings is 2. The first-order chi connectivity index (χ1) is 18.2. The van der Waals surface area contributed by atoms with Gasteiger partial charge in [-0.15, -0.1) is 0 Å². The number of piperidine rings is 1. The van der Waals surface area contributed by atoms with Crippen molar-refractivity contribution >= 4 is 17.7 Å². The molecule has 2 aromatic rings. The fourth-order valence-electron chi connectivity index (χ4n) is 6.31. The Morgan fingerprint density at radius 1 is 0.947 bits per heavy atom. The zero-order valence-corrected chi connectivity index (χ0v) is 22.5. The highest BCUT2D eigenvalue weighted by atomic mass is 19.1. The largest absolute Gasteiger partial charge is 0.343 e. The molecule has 38 heavy (non-hydrogen) atoms. The first-order valence-corrected chi connectivity index (χ1v) is 13.8. The van der Waals surface area contributed by atoms with E-state index in [0.717, 1.165) is 30.4 Å². The normalized spacial score (nSPS) is 24.9. The molecule has 6 nitrogen and oxygen atoms in total. The topological polar surface area (TPSA) is 69.7 Å². The molecule has 0 bridgehead atoms. The molecule has 2 aliphatic heterocycles. The zero-order chi connectivity index (χ0) is 27.0. The molecular weight excluding hydrogens is 481 g/mol. The number of alkyl halides is 1. The fourth-order valence-corrected chi connectivity index (χ4v) is 6.31. The maximum atomic E-state index is 14.7. The minimum absolute atomic E-state index is 0.0171. The van der Waals surface area contributed by atoms with Gasteiger partial charge in [0.05, 0.1) is 12.6 Å². The summed E-state index contributed by atoms with van der Waals surface area (Å²) in [5, 5.41) is 3.15. The van der Waals surface area contributed by atoms with Crippen LogP contribution in [0.5, 0.6) is 0 Å². The van der Waals surface area contributed by atoms with Gasteiger partial charge in [0.2, 0.25) is 17.7 Å². The van der Waals surface area contributed by atoms with E-state index in [1.54, 1.807) is 6.92 Å². The highest BCUT2D eigenvalue weighted by molar-refractivity contribution is 5.91. The van der Waals surface area contributed by atoms with Crippen molar-refractivity contribution in [1.82, 2.24) is 15.1 Å². The summed E-state index contributed by atoms with van der Waals surface area (Å²) >= 11 is 0. The fraction of sp³-hybridized carbons (Fsp3) is 0.516. The van der Waals surface area contributed by atoms with Crippen molar-refractivity contribution in [2.45, 2.75) is 70.6 Å². The van der Waals surface area contributed by atoms with Crippen LogP contribution in [-0.4, -0.2) is 59.4 Å². The van der Waals surface area contributed by atoms with Crippen molar-refractivity contribution in [3.8, 4) is 0 Å². The van der Waals surface area contributed by atoms with Crippen LogP contribution in [-0.2, 0) is 14.4 Å². The average molecular weight is 520 g/mol. The Hall–Kier alpha value is -3.22. The van der Waals surface area contributed by atoms with Gasteiger partial charge in [0.25, 0.3) is 0 Å². The maximum Gasteiger partial charge on any atom is 0.243 e. The number of hydrogen-bond acceptors (Lipinski definition) is 3. The molecule has 2 aromatic carbocycles. The number of nitrogens with one attached hydrogen (secondary N) is 1. The molecule has 1 aliphatic carbocycles. The van der Waals surface area contributed by atoms with Crippen molar-refractivity contribution in [3.05, 3.63) is 71.3 Å². The summed E-state index contributed by atoms with van der Waals surface area (Å²) in [6.07, 6.45) is 1.13. The van der Waals surface area contributed by atoms with Crippen LogP contribution in [0.2, 0.25) is 0 Å². The second kappa shape index (κ2) is 10.5. The molecule has 4 atom stereocenters. The van der Waals surface area contributed by atoms with Gasteiger partial charge in [-0.25, -0.2) is 4.39 Å². The van der Waals surface area contributed by atoms with E-state index < -0.39 is 18.3 Å². The molecule has 2 saturated heterocycles. The molecule has 3 aliphatic rings. The standard InChI is InChI=1S/C31H38FN3O3/c1-20(2)22-9-11-24(12-10-22)28(23-7-5-4-6-8-23)33-29(37)27-17-25(32)19-35(27)30(38)26-18-31(26)13-15-34(16-14-31)21(3)36/h4-12,20,25-28H,13-19H2,1-3H3,(H,33,37)/t25-,26?,27+,28+/m1/s1. The van der Waals surface area contributed by atoms with Gasteiger partial charge in [0, 0.05) is 32.4 Å². The first-order valence-electron chi connectivity index (χ1n) is 13.8. The van der Waals surface area contributed by atoms with Crippen LogP contribution in [0.1, 0.15) is 75.1 Å². The van der Waals surface area contributed by atoms with Crippen molar-refractivity contribution in [3.63, 3.8) is 0 Å². The molecule has 1 unspecified atom stereocenters. The van der Waals surface area contributed by atoms with Crippen LogP contribution in [0.15, 0.2) is 54.6 Å². The van der Waals surface area contributed by atoms with E-state index >= 15 is 0 Å². The quantitative estimate of drug-likeness (QED) is 0.606. The molecular formula is C31H38FN3O3. The van der Waals surface area contributed by atoms with E-state index in [9.17, 15) is 18.8 Å². The first kappa shape index (κ1) is 26.4. The summed E-state index contributed by atoms with van der Waals surface area (Å²) in [6.45, 7) is 7.13. The lowest BCUT2D eigenvalue weighted by Gasteiger charge is -2.33. The summed E-state index contributed by atoms with van der Waals surface area (Å²) in [7, 11) is 0. The van der Waals surface area contributed by atoms with Gasteiger partial charge >= 0.3 is 0 Å². The van der Waals surface area contributed by atoms with Gasteiger partial charge < -0.3 is 15.1 Å². The number of amides is 3. The Kier molecular flexibility index (Phi) is 7.30. The summed E-state index contributed by atoms with van der Waals surface area (Å²) in [4.78, 5) is 42.3. The third-order valence-corrected chi connectivity index (χ3v) is 8.88. The van der Waals surface area contributed by atoms with Crippen molar-refractivity contribution in [1.29, 1.82) is 0 Å². The number of likely N-dealkylation sites (tertiary alicyclic amines) is 2. The number of nitrogens with zero attached hydrogens (tertiary/aromatic N) is 2. The Morgan fingerprint density at radius 3 is 2.16 bits per heavy atom. The van der Waals surface area contributed by atoms with E-state index in [2.05, 4.69) is 31.3 Å². The molecule has 1 spiro atoms. The molecule has 1 saturated carbocycles. The van der Waals surface area contributed by atoms with Crippen molar-refractivity contribution < 1.29 is 18.8 Å². The van der Waals surface area contributed by atoms with Crippen LogP contribution >= 0.6 is 0 Å². The average Bonchev–Trinajstić information content (AvgIpc) is 3.46. The summed E-state index contributed by atoms with van der Waals surface area (Å²) in [5.74, 6) is -0.160. The third kappa shape index (κ3) is 5.20. The van der Waals surface area contributed by atoms with Gasteiger partial charge in [-0.2, -0.15) is 0 Å². The molecule has 7 heteroatoms. The minimum Gasteiger partial charge on any atom is -0.343 e. The van der Waals surface area contributed by atoms with Crippen LogP contribution < -0.4 is 5.32 Å². The molecule has 3 fully saturated rings. The Morgan fingerprint density at radius 2 is 1.55 bits per heavy atom. The van der Waals surface area contributed by atoms with Gasteiger partial charge in [-0.1, -0.05) is 68.4 Å². The molecule has 202 valence electrons. The van der Waals surface area contributed by atoms with Gasteiger partial charge in [-0.3, -0.25) is 14.4 Å². The van der Waals surface area contributed by atoms with Crippen LogP contribution in [0.25, 0.3) is 0 Å². The number of carbonyl (C=O) groups excluding carboxylic acids is 3. The molecule has 0 radical (unpaired) electrons. The SMILES string of the molecule is CC(=O)N1CCC2(CC1)CC2C(=O)N1C[C@H](F)C[C@H]1C(=O)N[C@@H](c1ccccc1)c1ccc(C(C)C)cc1. The number of carbonyl (C=O) groups is 3. The lowest BCUT2D eigenvalue weighted by molar-refractivity contribution is -0.140. The van der Waals surface area contributed by atoms with Gasteiger partial charge in [0.15, 0.2) is 0 Å². The third-order valence-electron chi connectivity index (χ3n) is 8.88. The predicted octanol–water partition coefficient (Wildman–Crippen LogP) is 4.60. The molecule has 0 aromatic heterocycles. The highest BCUT2D eigenvalue weighted by Gasteiger charge is 2.61. The highest BCUT2D eigenvalue weighted by Crippen LogP contribution is 2.60. The lowest BCUT2D eigenvalue weighted by Crippen LogP contribution is -2.48. The van der Waals surface area contributed by atoms with Crippen LogP contribution in [0.4, 0.5) is 4.39 Å². The second-order valence-electron chi connectivity index (χ2n) is 11.6. The molecule has 2 heterocycles. The monoisotopic (exact) mass is 519 g/mol. The van der Waals surface area contributed by atoms with Gasteiger partial charge in [0.1, 0.15) is 12.2 Å². The van der Waals surface area contributed by atoms with E-state index in [4.69, 9.17) is 0 Å². The van der Waals surface area contributed by atoms with E-state index in [1.165, 1.54) is 10.5 Å². The van der Waals surface area contributed by atoms with Gasteiger partial charge in [-0.05, 0) is 47.3 Å². The Balaban J connectivity index is 1.31. The lowest BCUT2D eigenvalue weighted by atomic mass is 9.90. The Bertz CT molecular complexity index is 1170. The minimum atomic E-state index is -1.22. The smallest absolute Gasteiger partial charge is 0.243 e. The molecule has 1 N–H and O–H groups in total. The zero-order valence-electron chi connectivity index (χ0n) is 22.5. The van der Waals surface area contributed by atoms with Crippen LogP contribution in [0.3, 0.4) is 0 Å². The number of rotatable bonds is 6. The number of halogens is 1. The van der Waals surface area contributed by atoms with E-state index in [0.29, 0.717) is 19.0 Å². The second-order valence-corrected chi connectivity index (χ2v) is 11.6. The van der Waals surface area contributed by atoms with Crippen molar-refractivity contribution in [2.24, 2.45) is 11.3 Å². The molecule has 3 amide bonds. The molecule has 5 rings (SSSR count). The summed E-state index contributed by atoms with van der Waals surface area (Å²) < 4.78 is 14.7. The van der Waals surface area contributed by atoms with Crippen LogP contribution in [0, 0.1) is 11.3 Å². The van der Waals surface area contributed by atoms with E-state index in [-0.39, 0.29) is 42.0 Å². The summed E-state index contributed by atoms with van der Waals surface area (Å²) in [5.41, 5.74) is 2.99. The van der Waals surface area contributed by atoms with Crippen molar-refractivity contribution in [2.75, 3.05) is 19.6 Å². The summed E-state index contributed by atoms with van der Waals surface area (Å²) in [6, 6.07) is 16.7. The maximum absolute atomic E-state index is 14.7. The predicted molar refractivity (Wildman–Crippen MR) is 144 cm³/mol. The van der Waals surface area contributed by atoms with E-state index in [1.807, 2.05) is 47.4 Å². The number of hydrogen-bond donors (Lipinski definition) is 1.